The van der Waals surface area contributed by atoms with Crippen molar-refractivity contribution in [1.29, 1.82) is 0 Å². The molecule has 7 rings (SSSR count). The Morgan fingerprint density at radius 3 is 1.90 bits per heavy atom. The van der Waals surface area contributed by atoms with Gasteiger partial charge in [0.15, 0.2) is 0 Å². The predicted octanol–water partition coefficient (Wildman–Crippen LogP) is 13.2. The molecule has 0 aliphatic carbocycles. The Hall–Kier alpha value is -7.73. The maximum absolute atomic E-state index is 15.9. The average molecular weight is 1180 g/mol. The van der Waals surface area contributed by atoms with Crippen LogP contribution in [0.1, 0.15) is 172 Å². The Bertz CT molecular complexity index is 3140. The highest BCUT2D eigenvalue weighted by Gasteiger charge is 2.29. The summed E-state index contributed by atoms with van der Waals surface area (Å²) < 4.78 is 50.3. The minimum Gasteiger partial charge on any atom is -0.443 e. The van der Waals surface area contributed by atoms with Crippen molar-refractivity contribution >= 4 is 23.5 Å². The first-order valence-corrected chi connectivity index (χ1v) is 30.5. The molecular formula is C69H92F3N9O5. The van der Waals surface area contributed by atoms with Crippen LogP contribution >= 0.6 is 0 Å². The summed E-state index contributed by atoms with van der Waals surface area (Å²) in [7, 11) is 0. The number of anilines is 1. The lowest BCUT2D eigenvalue weighted by Crippen LogP contribution is -2.48. The van der Waals surface area contributed by atoms with Crippen molar-refractivity contribution in [2.75, 3.05) is 31.1 Å². The van der Waals surface area contributed by atoms with E-state index in [4.69, 9.17) is 9.40 Å². The fraction of sp³-hybridized carbons (Fsp3) is 0.420. The maximum atomic E-state index is 15.9. The molecular weight excluding hydrogens is 1090 g/mol. The number of rotatable bonds is 28. The summed E-state index contributed by atoms with van der Waals surface area (Å²) in [6.07, 6.45) is 5.96. The Kier molecular flexibility index (Phi) is 30.4. The number of amides is 3. The van der Waals surface area contributed by atoms with E-state index in [1.807, 2.05) is 88.9 Å². The van der Waals surface area contributed by atoms with Gasteiger partial charge in [-0.2, -0.15) is 0 Å². The number of aryl methyl sites for hydroxylation is 2. The predicted molar refractivity (Wildman–Crippen MR) is 340 cm³/mol. The number of oxazole rings is 1. The molecule has 14 nitrogen and oxygen atoms in total. The summed E-state index contributed by atoms with van der Waals surface area (Å²) in [5, 5.41) is 27.5. The minimum atomic E-state index is -1.24. The van der Waals surface area contributed by atoms with Crippen molar-refractivity contribution in [2.24, 2.45) is 0 Å². The van der Waals surface area contributed by atoms with Crippen molar-refractivity contribution in [2.45, 2.75) is 165 Å². The fourth-order valence-corrected chi connectivity index (χ4v) is 9.48. The quantitative estimate of drug-likeness (QED) is 0.0256. The van der Waals surface area contributed by atoms with Gasteiger partial charge in [0.05, 0.1) is 23.9 Å². The lowest BCUT2D eigenvalue weighted by atomic mass is 9.90. The van der Waals surface area contributed by atoms with Gasteiger partial charge in [0.1, 0.15) is 40.9 Å². The van der Waals surface area contributed by atoms with Crippen LogP contribution in [0.25, 0.3) is 11.6 Å². The number of carbonyl (C=O) groups excluding carboxylic acids is 3. The highest BCUT2D eigenvalue weighted by Crippen LogP contribution is 2.26. The summed E-state index contributed by atoms with van der Waals surface area (Å²) >= 11 is 0. The Balaban J connectivity index is 0.00000217. The van der Waals surface area contributed by atoms with Gasteiger partial charge in [-0.25, -0.2) is 28.1 Å². The SMILES string of the molecule is CC.CC.CCC.CCCN(CCC)c1cc(C(=O)NC(CCNCc2cccc(CC)c2)Cc2cc(F)cc(F)c2)cc(C(=O)NC(C)(C)c2cc(F)cc(C[C@H](NC(=O)c3cc(C)nc(-c4ncco4)c3)C(O)CNCc3ccccc3)c2)n1. The zero-order valence-electron chi connectivity index (χ0n) is 52.6. The minimum absolute atomic E-state index is 0.00380. The molecule has 6 N–H and O–H groups in total. The first-order chi connectivity index (χ1) is 41.4. The molecule has 7 aromatic rings. The van der Waals surface area contributed by atoms with Gasteiger partial charge in [0.2, 0.25) is 5.89 Å². The van der Waals surface area contributed by atoms with Crippen molar-refractivity contribution < 1.29 is 37.1 Å². The summed E-state index contributed by atoms with van der Waals surface area (Å²) in [4.78, 5) is 58.5. The van der Waals surface area contributed by atoms with E-state index in [1.54, 1.807) is 45.0 Å². The van der Waals surface area contributed by atoms with Crippen LogP contribution in [-0.2, 0) is 37.9 Å². The molecule has 4 aromatic carbocycles. The van der Waals surface area contributed by atoms with E-state index < -0.39 is 58.9 Å². The van der Waals surface area contributed by atoms with E-state index in [-0.39, 0.29) is 42.1 Å². The third-order valence-electron chi connectivity index (χ3n) is 13.5. The van der Waals surface area contributed by atoms with Gasteiger partial charge in [-0.05, 0) is 148 Å². The zero-order valence-corrected chi connectivity index (χ0v) is 52.6. The number of benzene rings is 4. The first-order valence-electron chi connectivity index (χ1n) is 30.5. The van der Waals surface area contributed by atoms with Crippen LogP contribution in [0.15, 0.2) is 132 Å². The van der Waals surface area contributed by atoms with Crippen molar-refractivity contribution in [3.05, 3.63) is 201 Å². The molecule has 86 heavy (non-hydrogen) atoms. The Morgan fingerprint density at radius 1 is 0.651 bits per heavy atom. The van der Waals surface area contributed by atoms with Gasteiger partial charge >= 0.3 is 0 Å². The van der Waals surface area contributed by atoms with Crippen LogP contribution in [0.2, 0.25) is 0 Å². The number of pyridine rings is 2. The summed E-state index contributed by atoms with van der Waals surface area (Å²) in [6.45, 7) is 26.3. The van der Waals surface area contributed by atoms with E-state index in [2.05, 4.69) is 69.5 Å². The summed E-state index contributed by atoms with van der Waals surface area (Å²) in [6, 6.07) is 30.3. The number of hydrogen-bond acceptors (Lipinski definition) is 11. The molecule has 3 atom stereocenters. The highest BCUT2D eigenvalue weighted by molar-refractivity contribution is 6.00. The molecule has 3 heterocycles. The van der Waals surface area contributed by atoms with Gasteiger partial charge in [-0.15, -0.1) is 0 Å². The lowest BCUT2D eigenvalue weighted by Gasteiger charge is -2.29. The number of carbonyl (C=O) groups is 3. The molecule has 2 unspecified atom stereocenters. The zero-order chi connectivity index (χ0) is 63.2. The van der Waals surface area contributed by atoms with Crippen molar-refractivity contribution in [3.63, 3.8) is 0 Å². The topological polar surface area (TPSA) is 187 Å². The number of nitrogens with zero attached hydrogens (tertiary/aromatic N) is 4. The van der Waals surface area contributed by atoms with Crippen LogP contribution in [0.3, 0.4) is 0 Å². The van der Waals surface area contributed by atoms with Crippen molar-refractivity contribution in [3.8, 4) is 11.6 Å². The summed E-state index contributed by atoms with van der Waals surface area (Å²) in [5.41, 5.74) is 4.50. The van der Waals surface area contributed by atoms with Gasteiger partial charge in [-0.1, -0.05) is 129 Å². The van der Waals surface area contributed by atoms with Crippen LogP contribution < -0.4 is 31.5 Å². The molecule has 0 saturated carbocycles. The Morgan fingerprint density at radius 2 is 1.26 bits per heavy atom. The standard InChI is InChI=1S/C62H72F3N9O5.C3H8.2C2H6/c1-7-21-74(22-8-2)57-34-47(58(76)70-52(30-45-28-50(64)36-51(65)29-45)18-19-66-38-43-17-13-16-41(9-3)25-43)32-54(71-57)60(78)73-62(5,6)48-26-44(27-49(63)35-48)31-53(56(75)39-67-37-42-14-11-10-12-15-42)72-59(77)46-24-40(4)69-55(33-46)61-68-20-23-79-61;1-3-2;2*1-2/h10-17,20,23-29,32-36,52-53,56,66-67,75H,7-9,18-19,21-22,30-31,37-39H2,1-6H3,(H,70,76)(H,72,77)(H,73,78);3H2,1-2H3;2*1-2H3/t52?,53-,56?;;;/m0.../s1. The first kappa shape index (κ1) is 70.8. The number of nitrogens with one attached hydrogen (secondary N) is 5. The number of aromatic nitrogens is 3. The van der Waals surface area contributed by atoms with Crippen molar-refractivity contribution in [1.82, 2.24) is 41.5 Å². The van der Waals surface area contributed by atoms with E-state index in [1.165, 1.54) is 54.8 Å². The van der Waals surface area contributed by atoms with Crippen LogP contribution in [0, 0.1) is 24.4 Å². The molecule has 17 heteroatoms. The molecule has 3 amide bonds. The van der Waals surface area contributed by atoms with Gasteiger partial charge in [0.25, 0.3) is 17.7 Å². The number of aliphatic hydroxyl groups excluding tert-OH is 1. The normalized spacial score (nSPS) is 12.0. The van der Waals surface area contributed by atoms with Gasteiger partial charge in [0, 0.05) is 61.7 Å². The highest BCUT2D eigenvalue weighted by atomic mass is 19.1. The van der Waals surface area contributed by atoms with E-state index in [0.29, 0.717) is 73.0 Å². The van der Waals surface area contributed by atoms with E-state index >= 15 is 4.39 Å². The third-order valence-corrected chi connectivity index (χ3v) is 13.5. The number of halogens is 3. The van der Waals surface area contributed by atoms with Crippen LogP contribution in [-0.4, -0.2) is 82.1 Å². The summed E-state index contributed by atoms with van der Waals surface area (Å²) in [5.74, 6) is -3.06. The van der Waals surface area contributed by atoms with Crippen LogP contribution in [0.5, 0.6) is 0 Å². The lowest BCUT2D eigenvalue weighted by molar-refractivity contribution is 0.0828. The molecule has 0 radical (unpaired) electrons. The fourth-order valence-electron chi connectivity index (χ4n) is 9.48. The molecule has 3 aromatic heterocycles. The molecule has 0 aliphatic rings. The van der Waals surface area contributed by atoms with E-state index in [0.717, 1.165) is 36.5 Å². The monoisotopic (exact) mass is 1180 g/mol. The smallest absolute Gasteiger partial charge is 0.270 e. The third kappa shape index (κ3) is 22.9. The van der Waals surface area contributed by atoms with E-state index in [9.17, 15) is 28.3 Å². The van der Waals surface area contributed by atoms with Crippen LogP contribution in [0.4, 0.5) is 19.0 Å². The molecule has 0 aliphatic heterocycles. The molecule has 0 spiro atoms. The second kappa shape index (κ2) is 37.0. The second-order valence-electron chi connectivity index (χ2n) is 21.2. The molecule has 464 valence electrons. The molecule has 0 fully saturated rings. The largest absolute Gasteiger partial charge is 0.443 e. The maximum Gasteiger partial charge on any atom is 0.270 e. The number of aliphatic hydroxyl groups is 1. The average Bonchev–Trinajstić information content (AvgIpc) is 3.46. The molecule has 0 saturated heterocycles. The Labute approximate surface area is 508 Å². The molecule has 0 bridgehead atoms. The second-order valence-corrected chi connectivity index (χ2v) is 21.2. The van der Waals surface area contributed by atoms with Gasteiger partial charge < -0.3 is 41.0 Å². The van der Waals surface area contributed by atoms with Gasteiger partial charge in [-0.3, -0.25) is 14.4 Å². The number of hydrogen-bond donors (Lipinski definition) is 6.